The zero-order valence-corrected chi connectivity index (χ0v) is 8.21. The molecular weight excluding hydrogens is 164 g/mol. The van der Waals surface area contributed by atoms with E-state index in [2.05, 4.69) is 23.8 Å². The lowest BCUT2D eigenvalue weighted by atomic mass is 10.0. The molecule has 0 spiro atoms. The zero-order valence-electron chi connectivity index (χ0n) is 8.21. The van der Waals surface area contributed by atoms with Crippen LogP contribution in [0, 0.1) is 5.92 Å². The topological polar surface area (TPSA) is 45.8 Å². The molecule has 0 aliphatic rings. The first kappa shape index (κ1) is 9.96. The molecule has 13 heavy (non-hydrogen) atoms. The van der Waals surface area contributed by atoms with Crippen molar-refractivity contribution in [3.8, 4) is 0 Å². The summed E-state index contributed by atoms with van der Waals surface area (Å²) in [4.78, 5) is 18.3. The third-order valence-electron chi connectivity index (χ3n) is 1.92. The van der Waals surface area contributed by atoms with E-state index in [4.69, 9.17) is 0 Å². The Kier molecular flexibility index (Phi) is 3.68. The van der Waals surface area contributed by atoms with Crippen LogP contribution in [0.2, 0.25) is 0 Å². The van der Waals surface area contributed by atoms with Crippen LogP contribution in [0.15, 0.2) is 12.4 Å². The predicted molar refractivity (Wildman–Crippen MR) is 51.4 cm³/mol. The van der Waals surface area contributed by atoms with Crippen LogP contribution in [0.25, 0.3) is 0 Å². The van der Waals surface area contributed by atoms with Crippen molar-refractivity contribution < 1.29 is 4.79 Å². The van der Waals surface area contributed by atoms with Gasteiger partial charge >= 0.3 is 0 Å². The Bertz CT molecular complexity index is 252. The standard InChI is InChI=1S/C10H16N2O/c1-8(2)3-4-9(13)7-10-11-5-6-12-10/h5-6,8H,3-4,7H2,1-2H3,(H,11,12). The highest BCUT2D eigenvalue weighted by molar-refractivity contribution is 5.80. The fourth-order valence-corrected chi connectivity index (χ4v) is 1.12. The minimum atomic E-state index is 0.267. The molecule has 0 aliphatic heterocycles. The van der Waals surface area contributed by atoms with Crippen LogP contribution in [0.3, 0.4) is 0 Å². The van der Waals surface area contributed by atoms with Gasteiger partial charge in [-0.1, -0.05) is 13.8 Å². The molecule has 3 heteroatoms. The number of aromatic nitrogens is 2. The summed E-state index contributed by atoms with van der Waals surface area (Å²) < 4.78 is 0. The molecule has 0 bridgehead atoms. The minimum absolute atomic E-state index is 0.267. The molecule has 0 saturated heterocycles. The maximum Gasteiger partial charge on any atom is 0.140 e. The van der Waals surface area contributed by atoms with Gasteiger partial charge in [-0.3, -0.25) is 4.79 Å². The largest absolute Gasteiger partial charge is 0.348 e. The number of carbonyl (C=O) groups is 1. The molecule has 72 valence electrons. The highest BCUT2D eigenvalue weighted by Gasteiger charge is 2.05. The molecule has 0 fully saturated rings. The summed E-state index contributed by atoms with van der Waals surface area (Å²) in [6.07, 6.45) is 5.49. The summed E-state index contributed by atoms with van der Waals surface area (Å²) >= 11 is 0. The van der Waals surface area contributed by atoms with Crippen molar-refractivity contribution in [3.63, 3.8) is 0 Å². The lowest BCUT2D eigenvalue weighted by Gasteiger charge is -2.01. The summed E-state index contributed by atoms with van der Waals surface area (Å²) in [7, 11) is 0. The van der Waals surface area contributed by atoms with Crippen molar-refractivity contribution in [2.24, 2.45) is 5.92 Å². The zero-order chi connectivity index (χ0) is 9.68. The summed E-state index contributed by atoms with van der Waals surface area (Å²) in [5.41, 5.74) is 0. The van der Waals surface area contributed by atoms with Crippen molar-refractivity contribution in [1.82, 2.24) is 9.97 Å². The van der Waals surface area contributed by atoms with Crippen LogP contribution < -0.4 is 0 Å². The first-order valence-corrected chi connectivity index (χ1v) is 4.68. The minimum Gasteiger partial charge on any atom is -0.348 e. The number of hydrogen-bond donors (Lipinski definition) is 1. The molecule has 0 amide bonds. The van der Waals surface area contributed by atoms with Crippen LogP contribution >= 0.6 is 0 Å². The van der Waals surface area contributed by atoms with E-state index in [1.54, 1.807) is 12.4 Å². The normalized spacial score (nSPS) is 10.7. The fraction of sp³-hybridized carbons (Fsp3) is 0.600. The number of aromatic amines is 1. The molecule has 0 saturated carbocycles. The Morgan fingerprint density at radius 3 is 2.92 bits per heavy atom. The van der Waals surface area contributed by atoms with Gasteiger partial charge in [0.05, 0.1) is 6.42 Å². The Hall–Kier alpha value is -1.12. The van der Waals surface area contributed by atoms with Crippen molar-refractivity contribution in [2.45, 2.75) is 33.1 Å². The second-order valence-electron chi connectivity index (χ2n) is 3.68. The van der Waals surface area contributed by atoms with Crippen LogP contribution in [-0.2, 0) is 11.2 Å². The molecule has 1 heterocycles. The Balaban J connectivity index is 2.26. The van der Waals surface area contributed by atoms with Crippen molar-refractivity contribution in [3.05, 3.63) is 18.2 Å². The molecule has 0 aromatic carbocycles. The van der Waals surface area contributed by atoms with Crippen molar-refractivity contribution in [2.75, 3.05) is 0 Å². The van der Waals surface area contributed by atoms with E-state index in [0.29, 0.717) is 18.8 Å². The number of carbonyl (C=O) groups excluding carboxylic acids is 1. The lowest BCUT2D eigenvalue weighted by molar-refractivity contribution is -0.118. The first-order valence-electron chi connectivity index (χ1n) is 4.68. The summed E-state index contributed by atoms with van der Waals surface area (Å²) in [6.45, 7) is 4.25. The average molecular weight is 180 g/mol. The van der Waals surface area contributed by atoms with Crippen molar-refractivity contribution in [1.29, 1.82) is 0 Å². The number of Topliss-reactive ketones (excluding diaryl/α,β-unsaturated/α-hetero) is 1. The SMILES string of the molecule is CC(C)CCC(=O)Cc1ncc[nH]1. The van der Waals surface area contributed by atoms with Gasteiger partial charge in [-0.2, -0.15) is 0 Å². The second kappa shape index (κ2) is 4.80. The van der Waals surface area contributed by atoms with Gasteiger partial charge in [-0.05, 0) is 12.3 Å². The van der Waals surface area contributed by atoms with E-state index < -0.39 is 0 Å². The number of rotatable bonds is 5. The Morgan fingerprint density at radius 1 is 1.62 bits per heavy atom. The number of hydrogen-bond acceptors (Lipinski definition) is 2. The molecule has 0 unspecified atom stereocenters. The molecule has 1 aromatic heterocycles. The van der Waals surface area contributed by atoms with Crippen LogP contribution in [0.1, 0.15) is 32.5 Å². The Morgan fingerprint density at radius 2 is 2.38 bits per heavy atom. The maximum absolute atomic E-state index is 11.4. The van der Waals surface area contributed by atoms with E-state index in [-0.39, 0.29) is 5.78 Å². The van der Waals surface area contributed by atoms with Crippen molar-refractivity contribution >= 4 is 5.78 Å². The van der Waals surface area contributed by atoms with Crippen LogP contribution in [-0.4, -0.2) is 15.8 Å². The van der Waals surface area contributed by atoms with Crippen LogP contribution in [0.5, 0.6) is 0 Å². The molecule has 1 rings (SSSR count). The summed E-state index contributed by atoms with van der Waals surface area (Å²) in [5.74, 6) is 1.64. The molecule has 1 aromatic rings. The van der Waals surface area contributed by atoms with Gasteiger partial charge in [-0.15, -0.1) is 0 Å². The first-order chi connectivity index (χ1) is 6.18. The number of nitrogens with one attached hydrogen (secondary N) is 1. The summed E-state index contributed by atoms with van der Waals surface area (Å²) in [5, 5.41) is 0. The van der Waals surface area contributed by atoms with Crippen LogP contribution in [0.4, 0.5) is 0 Å². The highest BCUT2D eigenvalue weighted by atomic mass is 16.1. The van der Waals surface area contributed by atoms with E-state index in [1.807, 2.05) is 0 Å². The monoisotopic (exact) mass is 180 g/mol. The van der Waals surface area contributed by atoms with Gasteiger partial charge < -0.3 is 4.98 Å². The van der Waals surface area contributed by atoms with Gasteiger partial charge in [-0.25, -0.2) is 4.98 Å². The summed E-state index contributed by atoms with van der Waals surface area (Å²) in [6, 6.07) is 0. The Labute approximate surface area is 78.6 Å². The number of H-pyrrole nitrogens is 1. The quantitative estimate of drug-likeness (QED) is 0.752. The van der Waals surface area contributed by atoms with Gasteiger partial charge in [0, 0.05) is 18.8 Å². The smallest absolute Gasteiger partial charge is 0.140 e. The van der Waals surface area contributed by atoms with E-state index in [9.17, 15) is 4.79 Å². The number of imidazole rings is 1. The highest BCUT2D eigenvalue weighted by Crippen LogP contribution is 2.05. The predicted octanol–water partition coefficient (Wildman–Crippen LogP) is 1.96. The molecule has 1 N–H and O–H groups in total. The van der Waals surface area contributed by atoms with E-state index in [0.717, 1.165) is 12.2 Å². The van der Waals surface area contributed by atoms with Gasteiger partial charge in [0.1, 0.15) is 11.6 Å². The lowest BCUT2D eigenvalue weighted by Crippen LogP contribution is -2.05. The second-order valence-corrected chi connectivity index (χ2v) is 3.68. The molecule has 0 radical (unpaired) electrons. The van der Waals surface area contributed by atoms with E-state index >= 15 is 0 Å². The molecule has 0 aliphatic carbocycles. The number of nitrogens with zero attached hydrogens (tertiary/aromatic N) is 1. The molecule has 0 atom stereocenters. The maximum atomic E-state index is 11.4. The van der Waals surface area contributed by atoms with E-state index in [1.165, 1.54) is 0 Å². The fourth-order valence-electron chi connectivity index (χ4n) is 1.12. The molecular formula is C10H16N2O. The van der Waals surface area contributed by atoms with Gasteiger partial charge in [0.25, 0.3) is 0 Å². The third-order valence-corrected chi connectivity index (χ3v) is 1.92. The third kappa shape index (κ3) is 3.87. The molecule has 3 nitrogen and oxygen atoms in total. The number of ketones is 1. The van der Waals surface area contributed by atoms with Gasteiger partial charge in [0.15, 0.2) is 0 Å². The van der Waals surface area contributed by atoms with Gasteiger partial charge in [0.2, 0.25) is 0 Å². The average Bonchev–Trinajstić information content (AvgIpc) is 2.53.